The molecule has 1 saturated carbocycles. The Hall–Kier alpha value is -1.22. The topological polar surface area (TPSA) is 64.1 Å². The first kappa shape index (κ1) is 26.8. The van der Waals surface area contributed by atoms with Crippen LogP contribution in [0.25, 0.3) is 0 Å². The highest BCUT2D eigenvalue weighted by atomic mass is 127. The van der Waals surface area contributed by atoms with E-state index < -0.39 is 0 Å². The smallest absolute Gasteiger partial charge is 0.191 e. The lowest BCUT2D eigenvalue weighted by Crippen LogP contribution is -2.39. The monoisotopic (exact) mass is 533 g/mol. The molecule has 0 spiro atoms. The summed E-state index contributed by atoms with van der Waals surface area (Å²) in [7, 11) is 0. The predicted molar refractivity (Wildman–Crippen MR) is 135 cm³/mol. The summed E-state index contributed by atoms with van der Waals surface area (Å²) in [6, 6.07) is 6.22. The third-order valence-corrected chi connectivity index (χ3v) is 5.28. The van der Waals surface area contributed by atoms with Crippen LogP contribution in [0.2, 0.25) is 0 Å². The van der Waals surface area contributed by atoms with E-state index in [2.05, 4.69) is 36.6 Å². The van der Waals surface area contributed by atoms with Gasteiger partial charge in [0.25, 0.3) is 0 Å². The molecule has 1 aromatic rings. The summed E-state index contributed by atoms with van der Waals surface area (Å²) in [6.07, 6.45) is 3.58. The van der Waals surface area contributed by atoms with E-state index in [4.69, 9.17) is 19.2 Å². The van der Waals surface area contributed by atoms with Gasteiger partial charge in [0.15, 0.2) is 17.5 Å². The molecule has 1 fully saturated rings. The minimum Gasteiger partial charge on any atom is -0.490 e. The minimum absolute atomic E-state index is 0. The summed E-state index contributed by atoms with van der Waals surface area (Å²) >= 11 is 0. The van der Waals surface area contributed by atoms with Crippen LogP contribution in [-0.4, -0.2) is 45.5 Å². The van der Waals surface area contributed by atoms with Crippen molar-refractivity contribution < 1.29 is 14.2 Å². The molecule has 0 saturated heterocycles. The van der Waals surface area contributed by atoms with E-state index in [1.807, 2.05) is 26.8 Å². The zero-order valence-corrected chi connectivity index (χ0v) is 21.6. The van der Waals surface area contributed by atoms with Crippen LogP contribution in [0.15, 0.2) is 23.2 Å². The van der Waals surface area contributed by atoms with E-state index in [0.717, 1.165) is 55.7 Å². The summed E-state index contributed by atoms with van der Waals surface area (Å²) < 4.78 is 17.0. The van der Waals surface area contributed by atoms with Gasteiger partial charge in [-0.1, -0.05) is 6.07 Å². The van der Waals surface area contributed by atoms with Gasteiger partial charge in [0, 0.05) is 26.3 Å². The molecule has 0 amide bonds. The highest BCUT2D eigenvalue weighted by Crippen LogP contribution is 2.49. The lowest BCUT2D eigenvalue weighted by molar-refractivity contribution is 0.129. The zero-order chi connectivity index (χ0) is 21.1. The van der Waals surface area contributed by atoms with Crippen molar-refractivity contribution >= 4 is 29.9 Å². The molecule has 0 bridgehead atoms. The molecule has 0 aliphatic heterocycles. The summed E-state index contributed by atoms with van der Waals surface area (Å²) in [4.78, 5) is 4.88. The van der Waals surface area contributed by atoms with Crippen LogP contribution in [0.4, 0.5) is 0 Å². The molecule has 6 nitrogen and oxygen atoms in total. The molecule has 0 heterocycles. The van der Waals surface area contributed by atoms with E-state index in [1.54, 1.807) is 0 Å². The van der Waals surface area contributed by atoms with Crippen molar-refractivity contribution in [1.29, 1.82) is 0 Å². The number of rotatable bonds is 13. The maximum atomic E-state index is 5.77. The Balaban J connectivity index is 0.00000450. The highest BCUT2D eigenvalue weighted by molar-refractivity contribution is 14.0. The predicted octanol–water partition coefficient (Wildman–Crippen LogP) is 4.92. The van der Waals surface area contributed by atoms with Crippen LogP contribution < -0.4 is 20.1 Å². The molecule has 1 aromatic carbocycles. The fourth-order valence-electron chi connectivity index (χ4n) is 3.29. The van der Waals surface area contributed by atoms with Crippen LogP contribution in [0.1, 0.15) is 65.5 Å². The molecule has 1 unspecified atom stereocenters. The Morgan fingerprint density at radius 2 is 1.77 bits per heavy atom. The SMILES string of the molecule is CCNC(=NCC1(CCOCC)CC1)NC(C)c1ccc(OCC)c(OCC)c1.I. The lowest BCUT2D eigenvalue weighted by Gasteiger charge is -2.21. The summed E-state index contributed by atoms with van der Waals surface area (Å²) in [5, 5.41) is 6.91. The van der Waals surface area contributed by atoms with Crippen molar-refractivity contribution in [2.75, 3.05) is 39.5 Å². The van der Waals surface area contributed by atoms with Crippen molar-refractivity contribution in [3.05, 3.63) is 23.8 Å². The van der Waals surface area contributed by atoms with Crippen LogP contribution in [0.3, 0.4) is 0 Å². The highest BCUT2D eigenvalue weighted by Gasteiger charge is 2.41. The van der Waals surface area contributed by atoms with Crippen molar-refractivity contribution in [1.82, 2.24) is 10.6 Å². The van der Waals surface area contributed by atoms with Crippen molar-refractivity contribution in [3.63, 3.8) is 0 Å². The lowest BCUT2D eigenvalue weighted by atomic mass is 10.0. The van der Waals surface area contributed by atoms with E-state index in [-0.39, 0.29) is 30.0 Å². The molecular weight excluding hydrogens is 493 g/mol. The van der Waals surface area contributed by atoms with Gasteiger partial charge in [-0.2, -0.15) is 0 Å². The molecule has 1 aliphatic rings. The Labute approximate surface area is 199 Å². The molecule has 1 aliphatic carbocycles. The second-order valence-corrected chi connectivity index (χ2v) is 7.58. The molecule has 0 aromatic heterocycles. The molecule has 0 radical (unpaired) electrons. The summed E-state index contributed by atoms with van der Waals surface area (Å²) in [5.74, 6) is 2.43. The van der Waals surface area contributed by atoms with E-state index >= 15 is 0 Å². The van der Waals surface area contributed by atoms with Gasteiger partial charge in [-0.25, -0.2) is 0 Å². The number of ether oxygens (including phenoxy) is 3. The second kappa shape index (κ2) is 14.0. The maximum absolute atomic E-state index is 5.77. The minimum atomic E-state index is 0. The molecule has 1 atom stereocenters. The molecule has 172 valence electrons. The number of benzene rings is 1. The molecule has 2 rings (SSSR count). The average molecular weight is 533 g/mol. The van der Waals surface area contributed by atoms with Gasteiger partial charge in [-0.3, -0.25) is 4.99 Å². The molecular formula is C23H40IN3O3. The Morgan fingerprint density at radius 3 is 2.37 bits per heavy atom. The maximum Gasteiger partial charge on any atom is 0.191 e. The number of guanidine groups is 1. The van der Waals surface area contributed by atoms with E-state index in [1.165, 1.54) is 12.8 Å². The van der Waals surface area contributed by atoms with Gasteiger partial charge >= 0.3 is 0 Å². The standard InChI is InChI=1S/C23H39N3O3.HI/c1-6-24-22(25-17-23(12-13-23)14-15-27-7-2)26-18(5)19-10-11-20(28-8-3)21(16-19)29-9-4;/h10-11,16,18H,6-9,12-15,17H2,1-5H3,(H2,24,25,26);1H. The Morgan fingerprint density at radius 1 is 1.07 bits per heavy atom. The van der Waals surface area contributed by atoms with Gasteiger partial charge in [0.1, 0.15) is 0 Å². The number of halogens is 1. The third kappa shape index (κ3) is 8.49. The van der Waals surface area contributed by atoms with Crippen molar-refractivity contribution in [2.45, 2.75) is 59.9 Å². The van der Waals surface area contributed by atoms with Gasteiger partial charge < -0.3 is 24.8 Å². The number of aliphatic imine (C=N–C) groups is 1. The number of hydrogen-bond donors (Lipinski definition) is 2. The number of nitrogens with zero attached hydrogens (tertiary/aromatic N) is 1. The molecule has 2 N–H and O–H groups in total. The first-order valence-electron chi connectivity index (χ1n) is 11.1. The third-order valence-electron chi connectivity index (χ3n) is 5.28. The largest absolute Gasteiger partial charge is 0.490 e. The van der Waals surface area contributed by atoms with E-state index in [0.29, 0.717) is 18.6 Å². The first-order valence-corrected chi connectivity index (χ1v) is 11.1. The number of hydrogen-bond acceptors (Lipinski definition) is 4. The van der Waals surface area contributed by atoms with E-state index in [9.17, 15) is 0 Å². The first-order chi connectivity index (χ1) is 14.1. The quantitative estimate of drug-likeness (QED) is 0.163. The van der Waals surface area contributed by atoms with Gasteiger partial charge in [0.2, 0.25) is 0 Å². The fraction of sp³-hybridized carbons (Fsp3) is 0.696. The molecule has 30 heavy (non-hydrogen) atoms. The van der Waals surface area contributed by atoms with Gasteiger partial charge in [0.05, 0.1) is 19.3 Å². The average Bonchev–Trinajstić information content (AvgIpc) is 3.48. The van der Waals surface area contributed by atoms with Crippen LogP contribution in [0, 0.1) is 5.41 Å². The fourth-order valence-corrected chi connectivity index (χ4v) is 3.29. The van der Waals surface area contributed by atoms with Crippen molar-refractivity contribution in [3.8, 4) is 11.5 Å². The summed E-state index contributed by atoms with van der Waals surface area (Å²) in [6.45, 7) is 14.8. The zero-order valence-electron chi connectivity index (χ0n) is 19.3. The Kier molecular flexibility index (Phi) is 12.5. The normalized spacial score (nSPS) is 15.7. The van der Waals surface area contributed by atoms with Gasteiger partial charge in [-0.05, 0) is 77.0 Å². The van der Waals surface area contributed by atoms with Gasteiger partial charge in [-0.15, -0.1) is 24.0 Å². The van der Waals surface area contributed by atoms with Crippen LogP contribution in [0.5, 0.6) is 11.5 Å². The Bertz CT molecular complexity index is 651. The van der Waals surface area contributed by atoms with Crippen molar-refractivity contribution in [2.24, 2.45) is 10.4 Å². The molecule has 7 heteroatoms. The second-order valence-electron chi connectivity index (χ2n) is 7.58. The summed E-state index contributed by atoms with van der Waals surface area (Å²) in [5.41, 5.74) is 1.47. The van der Waals surface area contributed by atoms with Crippen LogP contribution in [-0.2, 0) is 4.74 Å². The number of nitrogens with one attached hydrogen (secondary N) is 2. The van der Waals surface area contributed by atoms with Crippen LogP contribution >= 0.6 is 24.0 Å².